The second-order valence-corrected chi connectivity index (χ2v) is 5.21. The molecule has 0 saturated heterocycles. The van der Waals surface area contributed by atoms with Crippen LogP contribution in [0.15, 0.2) is 12.1 Å². The van der Waals surface area contributed by atoms with Gasteiger partial charge in [0.05, 0.1) is 29.1 Å². The quantitative estimate of drug-likeness (QED) is 0.699. The molecule has 6 heteroatoms. The molecule has 0 radical (unpaired) electrons. The molecule has 2 N–H and O–H groups in total. The molecule has 5 nitrogen and oxygen atoms in total. The maximum Gasteiger partial charge on any atom is 0.340 e. The summed E-state index contributed by atoms with van der Waals surface area (Å²) in [5.74, 6) is -0.496. The fourth-order valence-corrected chi connectivity index (χ4v) is 2.81. The molecule has 0 amide bonds. The van der Waals surface area contributed by atoms with Crippen LogP contribution in [-0.4, -0.2) is 22.9 Å². The fourth-order valence-electron chi connectivity index (χ4n) is 2.51. The van der Waals surface area contributed by atoms with E-state index >= 15 is 0 Å². The number of esters is 1. The van der Waals surface area contributed by atoms with Crippen molar-refractivity contribution in [1.82, 2.24) is 9.78 Å². The molecule has 1 aromatic heterocycles. The second kappa shape index (κ2) is 5.77. The van der Waals surface area contributed by atoms with Gasteiger partial charge in [-0.2, -0.15) is 5.10 Å². The maximum atomic E-state index is 12.0. The highest BCUT2D eigenvalue weighted by Crippen LogP contribution is 2.30. The first-order chi connectivity index (χ1) is 9.90. The van der Waals surface area contributed by atoms with Crippen LogP contribution in [0, 0.1) is 13.8 Å². The first-order valence-corrected chi connectivity index (χ1v) is 7.01. The van der Waals surface area contributed by atoms with Gasteiger partial charge in [-0.25, -0.2) is 9.48 Å². The van der Waals surface area contributed by atoms with Crippen molar-refractivity contribution in [2.75, 3.05) is 12.8 Å². The van der Waals surface area contributed by atoms with E-state index < -0.39 is 5.97 Å². The number of halogens is 1. The highest BCUT2D eigenvalue weighted by molar-refractivity contribution is 6.33. The summed E-state index contributed by atoms with van der Waals surface area (Å²) in [4.78, 5) is 12.0. The van der Waals surface area contributed by atoms with Gasteiger partial charge < -0.3 is 10.5 Å². The van der Waals surface area contributed by atoms with Crippen molar-refractivity contribution in [1.29, 1.82) is 0 Å². The van der Waals surface area contributed by atoms with Crippen LogP contribution in [0.3, 0.4) is 0 Å². The van der Waals surface area contributed by atoms with Gasteiger partial charge in [-0.3, -0.25) is 0 Å². The van der Waals surface area contributed by atoms with E-state index in [0.29, 0.717) is 22.0 Å². The normalized spacial score (nSPS) is 10.7. The summed E-state index contributed by atoms with van der Waals surface area (Å²) in [6.07, 6.45) is 0.859. The first kappa shape index (κ1) is 15.4. The van der Waals surface area contributed by atoms with E-state index in [9.17, 15) is 4.79 Å². The van der Waals surface area contributed by atoms with Crippen molar-refractivity contribution in [2.24, 2.45) is 0 Å². The number of hydrogen-bond donors (Lipinski definition) is 1. The van der Waals surface area contributed by atoms with Crippen LogP contribution in [0.5, 0.6) is 0 Å². The molecule has 0 aliphatic heterocycles. The van der Waals surface area contributed by atoms with Gasteiger partial charge in [-0.1, -0.05) is 18.5 Å². The third kappa shape index (κ3) is 2.61. The lowest BCUT2D eigenvalue weighted by Crippen LogP contribution is -2.11. The van der Waals surface area contributed by atoms with Crippen LogP contribution >= 0.6 is 11.6 Å². The van der Waals surface area contributed by atoms with Crippen molar-refractivity contribution < 1.29 is 9.53 Å². The van der Waals surface area contributed by atoms with E-state index in [0.717, 1.165) is 23.4 Å². The van der Waals surface area contributed by atoms with Gasteiger partial charge in [0.2, 0.25) is 0 Å². The van der Waals surface area contributed by atoms with E-state index in [2.05, 4.69) is 12.0 Å². The number of anilines is 1. The molecule has 1 aromatic carbocycles. The summed E-state index contributed by atoms with van der Waals surface area (Å²) in [7, 11) is 1.32. The lowest BCUT2D eigenvalue weighted by atomic mass is 10.1. The van der Waals surface area contributed by atoms with E-state index in [4.69, 9.17) is 22.1 Å². The van der Waals surface area contributed by atoms with Crippen molar-refractivity contribution >= 4 is 23.3 Å². The Labute approximate surface area is 128 Å². The van der Waals surface area contributed by atoms with E-state index in [1.54, 1.807) is 16.8 Å². The SMILES string of the molecule is CCc1c(C)nn(-c2c(Cl)cc(N)cc2C(=O)OC)c1C. The average Bonchev–Trinajstić information content (AvgIpc) is 2.71. The van der Waals surface area contributed by atoms with Gasteiger partial charge in [0, 0.05) is 11.4 Å². The Morgan fingerprint density at radius 2 is 2.10 bits per heavy atom. The zero-order valence-corrected chi connectivity index (χ0v) is 13.3. The number of nitrogen functional groups attached to an aromatic ring is 1. The number of hydrogen-bond acceptors (Lipinski definition) is 4. The summed E-state index contributed by atoms with van der Waals surface area (Å²) in [5.41, 5.74) is 9.98. The van der Waals surface area contributed by atoms with Gasteiger partial charge in [0.15, 0.2) is 0 Å². The largest absolute Gasteiger partial charge is 0.465 e. The number of nitrogens with two attached hydrogens (primary N) is 1. The maximum absolute atomic E-state index is 12.0. The van der Waals surface area contributed by atoms with E-state index in [1.165, 1.54) is 7.11 Å². The summed E-state index contributed by atoms with van der Waals surface area (Å²) in [6, 6.07) is 3.15. The Hall–Kier alpha value is -2.01. The van der Waals surface area contributed by atoms with Crippen LogP contribution in [0.4, 0.5) is 5.69 Å². The molecule has 0 unspecified atom stereocenters. The standard InChI is InChI=1S/C15H18ClN3O2/c1-5-11-8(2)18-19(9(11)3)14-12(15(20)21-4)6-10(17)7-13(14)16/h6-7H,5,17H2,1-4H3. The number of ether oxygens (including phenoxy) is 1. The molecule has 0 saturated carbocycles. The molecular formula is C15H18ClN3O2. The minimum atomic E-state index is -0.496. The lowest BCUT2D eigenvalue weighted by Gasteiger charge is -2.13. The number of carbonyl (C=O) groups excluding carboxylic acids is 1. The molecule has 0 atom stereocenters. The monoisotopic (exact) mass is 307 g/mol. The topological polar surface area (TPSA) is 70.1 Å². The van der Waals surface area contributed by atoms with Crippen LogP contribution in [0.2, 0.25) is 5.02 Å². The van der Waals surface area contributed by atoms with Crippen molar-refractivity contribution in [3.63, 3.8) is 0 Å². The molecule has 0 bridgehead atoms. The number of aromatic nitrogens is 2. The van der Waals surface area contributed by atoms with Crippen LogP contribution < -0.4 is 5.73 Å². The average molecular weight is 308 g/mol. The van der Waals surface area contributed by atoms with Gasteiger partial charge in [0.25, 0.3) is 0 Å². The highest BCUT2D eigenvalue weighted by Gasteiger charge is 2.21. The van der Waals surface area contributed by atoms with Gasteiger partial charge >= 0.3 is 5.97 Å². The van der Waals surface area contributed by atoms with Crippen LogP contribution in [0.25, 0.3) is 5.69 Å². The molecular weight excluding hydrogens is 290 g/mol. The van der Waals surface area contributed by atoms with Crippen LogP contribution in [0.1, 0.15) is 34.2 Å². The molecule has 0 aliphatic carbocycles. The number of methoxy groups -OCH3 is 1. The molecule has 0 spiro atoms. The van der Waals surface area contributed by atoms with E-state index in [1.807, 2.05) is 13.8 Å². The number of benzene rings is 1. The second-order valence-electron chi connectivity index (χ2n) is 4.81. The van der Waals surface area contributed by atoms with Crippen molar-refractivity contribution in [2.45, 2.75) is 27.2 Å². The predicted octanol–water partition coefficient (Wildman–Crippen LogP) is 3.07. The summed E-state index contributed by atoms with van der Waals surface area (Å²) in [6.45, 7) is 5.95. The predicted molar refractivity (Wildman–Crippen MR) is 83.2 cm³/mol. The highest BCUT2D eigenvalue weighted by atomic mass is 35.5. The Bertz CT molecular complexity index is 707. The summed E-state index contributed by atoms with van der Waals surface area (Å²) >= 11 is 6.30. The minimum absolute atomic E-state index is 0.302. The number of carbonyl (C=O) groups is 1. The summed E-state index contributed by atoms with van der Waals surface area (Å²) < 4.78 is 6.50. The van der Waals surface area contributed by atoms with E-state index in [-0.39, 0.29) is 0 Å². The Morgan fingerprint density at radius 3 is 2.62 bits per heavy atom. The molecule has 1 heterocycles. The minimum Gasteiger partial charge on any atom is -0.465 e. The van der Waals surface area contributed by atoms with Crippen molar-refractivity contribution in [3.05, 3.63) is 39.7 Å². The molecule has 112 valence electrons. The van der Waals surface area contributed by atoms with Crippen molar-refractivity contribution in [3.8, 4) is 5.69 Å². The Morgan fingerprint density at radius 1 is 1.43 bits per heavy atom. The number of nitrogens with zero attached hydrogens (tertiary/aromatic N) is 2. The third-order valence-corrected chi connectivity index (χ3v) is 3.79. The summed E-state index contributed by atoms with van der Waals surface area (Å²) in [5, 5.41) is 4.87. The first-order valence-electron chi connectivity index (χ1n) is 6.63. The van der Waals surface area contributed by atoms with Gasteiger partial charge in [-0.05, 0) is 38.0 Å². The number of aryl methyl sites for hydroxylation is 1. The van der Waals surface area contributed by atoms with Gasteiger partial charge in [0.1, 0.15) is 0 Å². The van der Waals surface area contributed by atoms with Gasteiger partial charge in [-0.15, -0.1) is 0 Å². The third-order valence-electron chi connectivity index (χ3n) is 3.50. The Balaban J connectivity index is 2.77. The zero-order valence-electron chi connectivity index (χ0n) is 12.5. The molecule has 2 rings (SSSR count). The zero-order chi connectivity index (χ0) is 15.7. The number of rotatable bonds is 3. The molecule has 0 aliphatic rings. The Kier molecular flexibility index (Phi) is 4.23. The molecule has 21 heavy (non-hydrogen) atoms. The lowest BCUT2D eigenvalue weighted by molar-refractivity contribution is 0.0600. The molecule has 0 fully saturated rings. The van der Waals surface area contributed by atoms with Crippen LogP contribution in [-0.2, 0) is 11.2 Å². The fraction of sp³-hybridized carbons (Fsp3) is 0.333. The molecule has 2 aromatic rings. The smallest absolute Gasteiger partial charge is 0.340 e.